The summed E-state index contributed by atoms with van der Waals surface area (Å²) >= 11 is 0. The number of benzene rings is 3. The van der Waals surface area contributed by atoms with Crippen molar-refractivity contribution in [3.63, 3.8) is 0 Å². The zero-order valence-electron chi connectivity index (χ0n) is 13.3. The third-order valence-corrected chi connectivity index (χ3v) is 4.53. The van der Waals surface area contributed by atoms with Gasteiger partial charge < -0.3 is 9.52 Å². The van der Waals surface area contributed by atoms with Crippen LogP contribution in [0.2, 0.25) is 0 Å². The highest BCUT2D eigenvalue weighted by Crippen LogP contribution is 2.30. The van der Waals surface area contributed by atoms with Crippen LogP contribution in [0.25, 0.3) is 27.4 Å². The van der Waals surface area contributed by atoms with Crippen molar-refractivity contribution in [2.24, 2.45) is 9.98 Å². The lowest BCUT2D eigenvalue weighted by Crippen LogP contribution is -2.19. The summed E-state index contributed by atoms with van der Waals surface area (Å²) in [6.45, 7) is 0. The summed E-state index contributed by atoms with van der Waals surface area (Å²) in [5.41, 5.74) is -0.278. The molecule has 0 unspecified atom stereocenters. The van der Waals surface area contributed by atoms with Crippen LogP contribution in [0.4, 0.5) is 0 Å². The molecule has 0 radical (unpaired) electrons. The maximum absolute atomic E-state index is 12.1. The molecule has 124 valence electrons. The minimum Gasteiger partial charge on any atom is -0.480 e. The number of para-hydroxylation sites is 2. The van der Waals surface area contributed by atoms with Crippen LogP contribution in [0.1, 0.15) is 10.4 Å². The number of aldehydes is 1. The predicted octanol–water partition coefficient (Wildman–Crippen LogP) is 1.20. The summed E-state index contributed by atoms with van der Waals surface area (Å²) in [6, 6.07) is 13.9. The fraction of sp³-hybridized carbons (Fsp3) is 0. The third kappa shape index (κ3) is 1.86. The summed E-state index contributed by atoms with van der Waals surface area (Å²) < 4.78 is 4.88. The quantitative estimate of drug-likeness (QED) is 0.526. The Hall–Kier alpha value is -3.80. The van der Waals surface area contributed by atoms with Crippen molar-refractivity contribution in [1.82, 2.24) is 0 Å². The number of nitrogens with zero attached hydrogens (tertiary/aromatic N) is 2. The van der Waals surface area contributed by atoms with Crippen molar-refractivity contribution in [3.8, 4) is 5.95 Å². The topological polar surface area (TPSA) is 92.2 Å². The van der Waals surface area contributed by atoms with Gasteiger partial charge in [0.15, 0.2) is 12.1 Å². The van der Waals surface area contributed by atoms with Crippen molar-refractivity contribution in [3.05, 3.63) is 80.4 Å². The minimum atomic E-state index is -0.664. The molecule has 5 rings (SSSR count). The summed E-state index contributed by atoms with van der Waals surface area (Å²) in [5, 5.41) is 13.8. The first-order valence-electron chi connectivity index (χ1n) is 7.90. The highest BCUT2D eigenvalue weighted by atomic mass is 16.5. The number of rotatable bonds is 1. The fourth-order valence-corrected chi connectivity index (χ4v) is 3.38. The number of fused-ring (bicyclic) bond motifs is 1. The molecule has 0 saturated heterocycles. The molecule has 1 aromatic heterocycles. The Morgan fingerprint density at radius 3 is 2.27 bits per heavy atom. The number of aromatic hydroxyl groups is 1. The molecule has 6 heteroatoms. The van der Waals surface area contributed by atoms with E-state index < -0.39 is 11.6 Å². The predicted molar refractivity (Wildman–Crippen MR) is 94.4 cm³/mol. The molecule has 0 aliphatic carbocycles. The van der Waals surface area contributed by atoms with Crippen molar-refractivity contribution in [2.75, 3.05) is 0 Å². The van der Waals surface area contributed by atoms with E-state index in [1.807, 2.05) is 24.3 Å². The molecule has 2 heterocycles. The molecule has 1 aliphatic heterocycles. The summed E-state index contributed by atoms with van der Waals surface area (Å²) in [5.74, 6) is -0.0212. The van der Waals surface area contributed by atoms with Crippen LogP contribution in [-0.2, 0) is 0 Å². The van der Waals surface area contributed by atoms with Crippen LogP contribution in [0.5, 0.6) is 5.95 Å². The van der Waals surface area contributed by atoms with E-state index in [-0.39, 0.29) is 5.39 Å². The van der Waals surface area contributed by atoms with Crippen LogP contribution < -0.4 is 21.6 Å². The van der Waals surface area contributed by atoms with Crippen molar-refractivity contribution in [1.29, 1.82) is 0 Å². The second-order valence-electron chi connectivity index (χ2n) is 5.96. The number of hydrogen-bond acceptors (Lipinski definition) is 6. The molecule has 0 amide bonds. The Bertz CT molecular complexity index is 1450. The first-order valence-corrected chi connectivity index (χ1v) is 7.90. The van der Waals surface area contributed by atoms with Gasteiger partial charge in [-0.25, -0.2) is 14.8 Å². The molecule has 6 nitrogen and oxygen atoms in total. The lowest BCUT2D eigenvalue weighted by atomic mass is 9.97. The molecule has 1 N–H and O–H groups in total. The average molecular weight is 342 g/mol. The van der Waals surface area contributed by atoms with Crippen molar-refractivity contribution >= 4 is 33.7 Å². The van der Waals surface area contributed by atoms with Gasteiger partial charge in [-0.3, -0.25) is 4.79 Å². The SMILES string of the molecule is O=Cc1ccc2c(=O)oc(O)c3ccc(=C4N=c5ccccc5=N4)c1c32. The van der Waals surface area contributed by atoms with Crippen LogP contribution in [0.3, 0.4) is 0 Å². The molecular formula is C20H10N2O4. The number of hydrogen-bond donors (Lipinski definition) is 1. The molecule has 26 heavy (non-hydrogen) atoms. The molecular weight excluding hydrogens is 332 g/mol. The molecule has 3 aromatic carbocycles. The second-order valence-corrected chi connectivity index (χ2v) is 5.96. The van der Waals surface area contributed by atoms with E-state index in [2.05, 4.69) is 9.98 Å². The maximum Gasteiger partial charge on any atom is 0.346 e. The van der Waals surface area contributed by atoms with E-state index in [1.165, 1.54) is 6.07 Å². The van der Waals surface area contributed by atoms with E-state index in [0.717, 1.165) is 10.7 Å². The van der Waals surface area contributed by atoms with Crippen LogP contribution in [0.15, 0.2) is 67.7 Å². The van der Waals surface area contributed by atoms with Crippen LogP contribution >= 0.6 is 0 Å². The van der Waals surface area contributed by atoms with E-state index in [9.17, 15) is 14.7 Å². The lowest BCUT2D eigenvalue weighted by molar-refractivity contribution is 0.112. The van der Waals surface area contributed by atoms with E-state index in [0.29, 0.717) is 39.0 Å². The van der Waals surface area contributed by atoms with Gasteiger partial charge in [-0.15, -0.1) is 0 Å². The van der Waals surface area contributed by atoms with Gasteiger partial charge in [0, 0.05) is 21.6 Å². The Balaban J connectivity index is 2.09. The average Bonchev–Trinajstić information content (AvgIpc) is 3.09. The highest BCUT2D eigenvalue weighted by molar-refractivity contribution is 6.15. The van der Waals surface area contributed by atoms with Crippen LogP contribution in [0, 0.1) is 0 Å². The monoisotopic (exact) mass is 342 g/mol. The molecule has 0 atom stereocenters. The van der Waals surface area contributed by atoms with Gasteiger partial charge in [0.25, 0.3) is 5.95 Å². The smallest absolute Gasteiger partial charge is 0.346 e. The van der Waals surface area contributed by atoms with Crippen molar-refractivity contribution < 1.29 is 14.3 Å². The Labute approximate surface area is 145 Å². The van der Waals surface area contributed by atoms with E-state index in [4.69, 9.17) is 4.42 Å². The zero-order chi connectivity index (χ0) is 17.8. The standard InChI is InChI=1S/C20H10N2O4/c23-9-10-5-6-12-17-13(20(25)26-19(12)24)8-7-11(16(10)17)18-21-14-3-1-2-4-15(14)22-18/h1-9,25H. The van der Waals surface area contributed by atoms with Gasteiger partial charge in [0.1, 0.15) is 0 Å². The van der Waals surface area contributed by atoms with Gasteiger partial charge in [-0.05, 0) is 30.3 Å². The Kier molecular flexibility index (Phi) is 2.85. The lowest BCUT2D eigenvalue weighted by Gasteiger charge is -2.08. The largest absolute Gasteiger partial charge is 0.480 e. The molecule has 4 aromatic rings. The van der Waals surface area contributed by atoms with Gasteiger partial charge in [-0.2, -0.15) is 0 Å². The van der Waals surface area contributed by atoms with Gasteiger partial charge >= 0.3 is 5.63 Å². The number of carbonyl (C=O) groups is 1. The highest BCUT2D eigenvalue weighted by Gasteiger charge is 2.17. The molecule has 1 aliphatic rings. The van der Waals surface area contributed by atoms with Crippen LogP contribution in [-0.4, -0.2) is 11.4 Å². The number of carbonyl (C=O) groups excluding carboxylic acids is 1. The minimum absolute atomic E-state index is 0.288. The normalized spacial score (nSPS) is 12.8. The third-order valence-electron chi connectivity index (χ3n) is 4.53. The Morgan fingerprint density at radius 1 is 0.885 bits per heavy atom. The first kappa shape index (κ1) is 14.5. The first-order chi connectivity index (χ1) is 12.7. The van der Waals surface area contributed by atoms with Crippen molar-refractivity contribution in [2.45, 2.75) is 0 Å². The van der Waals surface area contributed by atoms with Gasteiger partial charge in [-0.1, -0.05) is 18.2 Å². The fourth-order valence-electron chi connectivity index (χ4n) is 3.38. The molecule has 0 spiro atoms. The summed E-state index contributed by atoms with van der Waals surface area (Å²) in [4.78, 5) is 32.9. The molecule has 0 saturated carbocycles. The van der Waals surface area contributed by atoms with Gasteiger partial charge in [0.2, 0.25) is 0 Å². The van der Waals surface area contributed by atoms with E-state index >= 15 is 0 Å². The molecule has 0 bridgehead atoms. The second kappa shape index (κ2) is 5.10. The van der Waals surface area contributed by atoms with E-state index in [1.54, 1.807) is 18.2 Å². The summed E-state index contributed by atoms with van der Waals surface area (Å²) in [7, 11) is 0. The zero-order valence-corrected chi connectivity index (χ0v) is 13.3. The molecule has 0 fully saturated rings. The summed E-state index contributed by atoms with van der Waals surface area (Å²) in [6.07, 6.45) is 0.714. The maximum atomic E-state index is 12.1. The Morgan fingerprint density at radius 2 is 1.58 bits per heavy atom. The van der Waals surface area contributed by atoms with Gasteiger partial charge in [0.05, 0.1) is 21.5 Å².